The number of aliphatic hydroxyl groups excluding tert-OH is 2. The van der Waals surface area contributed by atoms with Crippen LogP contribution in [0.25, 0.3) is 0 Å². The van der Waals surface area contributed by atoms with Crippen LogP contribution >= 0.6 is 0 Å². The maximum Gasteiger partial charge on any atom is 0.272 e. The van der Waals surface area contributed by atoms with Gasteiger partial charge in [-0.05, 0) is 31.0 Å². The summed E-state index contributed by atoms with van der Waals surface area (Å²) in [6.07, 6.45) is 15.5. The molecule has 0 saturated heterocycles. The second kappa shape index (κ2) is 28.0. The third kappa shape index (κ3) is 18.0. The molecule has 0 spiro atoms. The minimum Gasteiger partial charge on any atom is -0.486 e. The average Bonchev–Trinajstić information content (AvgIpc) is 3.17. The standard InChI is InChI=1S/C40H59N7O7/c1-4-6-8-10-12-14-16-36(48)29-53-22-20-46(21-23-54-30-37(49)17-15-13-11-9-7-5-2)34-18-19-38(39(26-34)43-31-52-3)44-45-40-32(27-41)24-35(47(50)51)25-33(40)28-42/h18-19,24-26,31,36-37,48-49H,4-17,20-23,29-30H2,1-3H3/b43-31?,45-44+. The van der Waals surface area contributed by atoms with Crippen molar-refractivity contribution in [1.29, 1.82) is 10.5 Å². The van der Waals surface area contributed by atoms with E-state index in [0.29, 0.717) is 50.5 Å². The van der Waals surface area contributed by atoms with Crippen molar-refractivity contribution in [1.82, 2.24) is 0 Å². The summed E-state index contributed by atoms with van der Waals surface area (Å²) in [4.78, 5) is 17.0. The van der Waals surface area contributed by atoms with Crippen LogP contribution in [-0.4, -0.2) is 80.4 Å². The maximum absolute atomic E-state index is 11.3. The zero-order valence-corrected chi connectivity index (χ0v) is 32.3. The Morgan fingerprint density at radius 3 is 1.80 bits per heavy atom. The Balaban J connectivity index is 2.18. The number of methoxy groups -OCH3 is 1. The Morgan fingerprint density at radius 2 is 1.31 bits per heavy atom. The number of aliphatic imine (C=N–C) groups is 1. The highest BCUT2D eigenvalue weighted by Crippen LogP contribution is 2.36. The molecule has 14 heteroatoms. The SMILES string of the molecule is CCCCCCCCC(O)COCCN(CCOCC(O)CCCCCCCC)c1ccc(/N=N/c2c(C#N)cc([N+](=O)[O-])cc2C#N)c(N=COC)c1. The van der Waals surface area contributed by atoms with Gasteiger partial charge in [0.05, 0.1) is 67.5 Å². The van der Waals surface area contributed by atoms with Crippen LogP contribution in [0.2, 0.25) is 0 Å². The van der Waals surface area contributed by atoms with Crippen LogP contribution in [0.5, 0.6) is 0 Å². The van der Waals surface area contributed by atoms with Crippen LogP contribution in [0.4, 0.5) is 28.4 Å². The first-order chi connectivity index (χ1) is 26.3. The highest BCUT2D eigenvalue weighted by molar-refractivity contribution is 5.73. The molecular formula is C40H59N7O7. The van der Waals surface area contributed by atoms with E-state index < -0.39 is 22.8 Å². The summed E-state index contributed by atoms with van der Waals surface area (Å²) in [5.41, 5.74) is 0.602. The van der Waals surface area contributed by atoms with Crippen LogP contribution in [0.1, 0.15) is 115 Å². The van der Waals surface area contributed by atoms with Gasteiger partial charge in [-0.2, -0.15) is 10.5 Å². The third-order valence-corrected chi connectivity index (χ3v) is 8.84. The molecule has 0 aromatic heterocycles. The molecule has 2 aromatic rings. The third-order valence-electron chi connectivity index (χ3n) is 8.84. The quantitative estimate of drug-likeness (QED) is 0.0194. The lowest BCUT2D eigenvalue weighted by Gasteiger charge is -2.26. The van der Waals surface area contributed by atoms with Crippen molar-refractivity contribution >= 4 is 34.8 Å². The number of unbranched alkanes of at least 4 members (excludes halogenated alkanes) is 10. The maximum atomic E-state index is 11.3. The first-order valence-corrected chi connectivity index (χ1v) is 19.3. The first kappa shape index (κ1) is 45.7. The van der Waals surface area contributed by atoms with E-state index in [-0.39, 0.29) is 30.0 Å². The summed E-state index contributed by atoms with van der Waals surface area (Å²) in [7, 11) is 1.45. The van der Waals surface area contributed by atoms with Crippen molar-refractivity contribution < 1.29 is 29.3 Å². The van der Waals surface area contributed by atoms with E-state index in [0.717, 1.165) is 43.5 Å². The highest BCUT2D eigenvalue weighted by Gasteiger charge is 2.18. The molecule has 2 atom stereocenters. The molecule has 0 aliphatic carbocycles. The lowest BCUT2D eigenvalue weighted by atomic mass is 10.1. The van der Waals surface area contributed by atoms with Gasteiger partial charge in [0.25, 0.3) is 5.69 Å². The van der Waals surface area contributed by atoms with Gasteiger partial charge in [-0.3, -0.25) is 10.1 Å². The van der Waals surface area contributed by atoms with Gasteiger partial charge < -0.3 is 29.3 Å². The van der Waals surface area contributed by atoms with Crippen molar-refractivity contribution in [3.05, 3.63) is 51.6 Å². The molecule has 0 fully saturated rings. The molecule has 2 N–H and O–H groups in total. The first-order valence-electron chi connectivity index (χ1n) is 19.3. The van der Waals surface area contributed by atoms with Gasteiger partial charge in [-0.1, -0.05) is 90.9 Å². The van der Waals surface area contributed by atoms with E-state index in [1.807, 2.05) is 23.1 Å². The van der Waals surface area contributed by atoms with Gasteiger partial charge in [0.1, 0.15) is 23.5 Å². The van der Waals surface area contributed by atoms with E-state index in [4.69, 9.17) is 14.2 Å². The molecule has 0 bridgehead atoms. The lowest BCUT2D eigenvalue weighted by molar-refractivity contribution is -0.384. The molecule has 54 heavy (non-hydrogen) atoms. The molecule has 2 aromatic carbocycles. The highest BCUT2D eigenvalue weighted by atomic mass is 16.6. The number of nitro benzene ring substituents is 1. The Bertz CT molecular complexity index is 1460. The fourth-order valence-corrected chi connectivity index (χ4v) is 5.76. The zero-order valence-electron chi connectivity index (χ0n) is 32.3. The van der Waals surface area contributed by atoms with Crippen molar-refractivity contribution in [2.75, 3.05) is 51.5 Å². The van der Waals surface area contributed by atoms with Crippen molar-refractivity contribution in [2.24, 2.45) is 15.2 Å². The summed E-state index contributed by atoms with van der Waals surface area (Å²) in [5.74, 6) is 0. The van der Waals surface area contributed by atoms with Gasteiger partial charge in [-0.15, -0.1) is 10.2 Å². The minimum atomic E-state index is -0.683. The number of hydrogen-bond acceptors (Lipinski definition) is 13. The van der Waals surface area contributed by atoms with Gasteiger partial charge in [0.2, 0.25) is 0 Å². The van der Waals surface area contributed by atoms with Crippen LogP contribution in [0.15, 0.2) is 45.6 Å². The zero-order chi connectivity index (χ0) is 39.4. The minimum absolute atomic E-state index is 0.0929. The second-order valence-corrected chi connectivity index (χ2v) is 13.3. The van der Waals surface area contributed by atoms with Crippen molar-refractivity contribution in [3.63, 3.8) is 0 Å². The van der Waals surface area contributed by atoms with Gasteiger partial charge in [0, 0.05) is 30.9 Å². The number of nitrogens with zero attached hydrogens (tertiary/aromatic N) is 7. The Hall–Kier alpha value is -4.47. The molecule has 0 heterocycles. The molecule has 0 saturated carbocycles. The van der Waals surface area contributed by atoms with Crippen LogP contribution in [0.3, 0.4) is 0 Å². The predicted octanol–water partition coefficient (Wildman–Crippen LogP) is 9.12. The number of hydrogen-bond donors (Lipinski definition) is 2. The van der Waals surface area contributed by atoms with E-state index in [1.54, 1.807) is 12.1 Å². The largest absolute Gasteiger partial charge is 0.486 e. The number of anilines is 1. The number of nitro groups is 1. The summed E-state index contributed by atoms with van der Waals surface area (Å²) in [5, 5.41) is 59.9. The topological polar surface area (TPSA) is 199 Å². The number of ether oxygens (including phenoxy) is 3. The van der Waals surface area contributed by atoms with Gasteiger partial charge in [-0.25, -0.2) is 4.99 Å². The van der Waals surface area contributed by atoms with E-state index >= 15 is 0 Å². The van der Waals surface area contributed by atoms with Gasteiger partial charge in [0.15, 0.2) is 6.40 Å². The number of aliphatic hydroxyl groups is 2. The molecule has 0 aliphatic rings. The Morgan fingerprint density at radius 1 is 0.796 bits per heavy atom. The van der Waals surface area contributed by atoms with Crippen LogP contribution in [0, 0.1) is 32.8 Å². The number of rotatable bonds is 30. The predicted molar refractivity (Wildman–Crippen MR) is 210 cm³/mol. The number of nitriles is 2. The smallest absolute Gasteiger partial charge is 0.272 e. The molecule has 2 rings (SSSR count). The molecule has 0 amide bonds. The molecule has 14 nitrogen and oxygen atoms in total. The normalized spacial score (nSPS) is 12.5. The number of azo groups is 1. The molecule has 0 radical (unpaired) electrons. The second-order valence-electron chi connectivity index (χ2n) is 13.3. The van der Waals surface area contributed by atoms with E-state index in [2.05, 4.69) is 29.1 Å². The summed E-state index contributed by atoms with van der Waals surface area (Å²) in [6.45, 7) is 6.51. The summed E-state index contributed by atoms with van der Waals surface area (Å²) >= 11 is 0. The molecule has 2 unspecified atom stereocenters. The van der Waals surface area contributed by atoms with Crippen LogP contribution in [-0.2, 0) is 14.2 Å². The van der Waals surface area contributed by atoms with Crippen molar-refractivity contribution in [3.8, 4) is 12.1 Å². The van der Waals surface area contributed by atoms with Gasteiger partial charge >= 0.3 is 0 Å². The average molecular weight is 750 g/mol. The molecule has 296 valence electrons. The molecule has 0 aliphatic heterocycles. The molecular weight excluding hydrogens is 690 g/mol. The Labute approximate surface area is 320 Å². The lowest BCUT2D eigenvalue weighted by Crippen LogP contribution is -2.32. The van der Waals surface area contributed by atoms with Crippen LogP contribution < -0.4 is 4.90 Å². The van der Waals surface area contributed by atoms with E-state index in [1.165, 1.54) is 64.9 Å². The van der Waals surface area contributed by atoms with Crippen molar-refractivity contribution in [2.45, 2.75) is 116 Å². The monoisotopic (exact) mass is 749 g/mol. The number of non-ortho nitro benzene ring substituents is 1. The summed E-state index contributed by atoms with van der Waals surface area (Å²) < 4.78 is 16.8. The number of benzene rings is 2. The summed E-state index contributed by atoms with van der Waals surface area (Å²) in [6, 6.07) is 11.1. The van der Waals surface area contributed by atoms with E-state index in [9.17, 15) is 30.9 Å². The fraction of sp³-hybridized carbons (Fsp3) is 0.625. The fourth-order valence-electron chi connectivity index (χ4n) is 5.76. The Kier molecular flexibility index (Phi) is 23.7.